The van der Waals surface area contributed by atoms with Gasteiger partial charge in [0, 0.05) is 23.0 Å². The lowest BCUT2D eigenvalue weighted by molar-refractivity contribution is 0.100. The summed E-state index contributed by atoms with van der Waals surface area (Å²) >= 11 is 1.75. The maximum absolute atomic E-state index is 12.6. The predicted octanol–water partition coefficient (Wildman–Crippen LogP) is 4.02. The highest BCUT2D eigenvalue weighted by molar-refractivity contribution is 7.93. The van der Waals surface area contributed by atoms with Crippen molar-refractivity contribution in [3.05, 3.63) is 45.8 Å². The highest BCUT2D eigenvalue weighted by atomic mass is 32.2. The highest BCUT2D eigenvalue weighted by Crippen LogP contribution is 2.47. The molecular formula is C24H27N3O3S2. The van der Waals surface area contributed by atoms with Gasteiger partial charge in [-0.05, 0) is 91.4 Å². The van der Waals surface area contributed by atoms with E-state index in [1.807, 2.05) is 12.3 Å². The lowest BCUT2D eigenvalue weighted by Crippen LogP contribution is -2.35. The molecule has 3 fully saturated rings. The summed E-state index contributed by atoms with van der Waals surface area (Å²) in [4.78, 5) is 19.3. The van der Waals surface area contributed by atoms with Crippen LogP contribution in [0.15, 0.2) is 29.8 Å². The number of fused-ring (bicyclic) bond motifs is 3. The van der Waals surface area contributed by atoms with E-state index in [1.165, 1.54) is 11.3 Å². The molecule has 3 N–H and O–H groups in total. The molecule has 5 heterocycles. The smallest absolute Gasteiger partial charge is 0.250 e. The molecule has 3 saturated heterocycles. The first-order valence-electron chi connectivity index (χ1n) is 11.4. The Morgan fingerprint density at radius 3 is 2.53 bits per heavy atom. The molecule has 3 aliphatic rings. The molecule has 6 rings (SSSR count). The number of aromatic amines is 1. The predicted molar refractivity (Wildman–Crippen MR) is 128 cm³/mol. The van der Waals surface area contributed by atoms with Gasteiger partial charge in [0.25, 0.3) is 5.91 Å². The van der Waals surface area contributed by atoms with Crippen LogP contribution in [-0.2, 0) is 16.4 Å². The molecule has 2 bridgehead atoms. The molecular weight excluding hydrogens is 442 g/mol. The van der Waals surface area contributed by atoms with E-state index in [2.05, 4.69) is 27.4 Å². The number of sulfone groups is 1. The van der Waals surface area contributed by atoms with Gasteiger partial charge in [0.15, 0.2) is 9.84 Å². The fraction of sp³-hybridized carbons (Fsp3) is 0.458. The third-order valence-electron chi connectivity index (χ3n) is 7.68. The number of nitrogens with one attached hydrogen (secondary N) is 1. The maximum Gasteiger partial charge on any atom is 0.250 e. The van der Waals surface area contributed by atoms with Crippen molar-refractivity contribution >= 4 is 38.0 Å². The van der Waals surface area contributed by atoms with E-state index < -0.39 is 15.7 Å². The van der Waals surface area contributed by atoms with Crippen LogP contribution < -0.4 is 5.73 Å². The monoisotopic (exact) mass is 469 g/mol. The van der Waals surface area contributed by atoms with Crippen LogP contribution in [0.5, 0.6) is 0 Å². The number of hydrogen-bond donors (Lipinski definition) is 2. The summed E-state index contributed by atoms with van der Waals surface area (Å²) in [6.45, 7) is 3.30. The van der Waals surface area contributed by atoms with Crippen LogP contribution >= 0.6 is 11.3 Å². The van der Waals surface area contributed by atoms with Crippen molar-refractivity contribution < 1.29 is 13.2 Å². The standard InChI is InChI=1S/C24H27N3O3S2/c25-24(28)21-10-14(16-6-17(31-13-16)12-27-4-1-5-27)9-20-22(11-26-23(20)21)15-7-18-2-3-19(8-15)32(18,29)30/h6,9-11,13,15,18-19,26H,1-5,7-8,12H2,(H2,25,28)/t15-,18+,19-. The molecule has 3 aromatic rings. The van der Waals surface area contributed by atoms with E-state index in [-0.39, 0.29) is 16.4 Å². The van der Waals surface area contributed by atoms with Gasteiger partial charge in [0.2, 0.25) is 0 Å². The number of benzene rings is 1. The van der Waals surface area contributed by atoms with Gasteiger partial charge >= 0.3 is 0 Å². The van der Waals surface area contributed by atoms with Crippen molar-refractivity contribution in [1.82, 2.24) is 9.88 Å². The van der Waals surface area contributed by atoms with Gasteiger partial charge in [-0.2, -0.15) is 0 Å². The van der Waals surface area contributed by atoms with Crippen molar-refractivity contribution in [2.24, 2.45) is 5.73 Å². The summed E-state index contributed by atoms with van der Waals surface area (Å²) in [6, 6.07) is 6.25. The average Bonchev–Trinajstić information content (AvgIpc) is 3.38. The number of nitrogens with zero attached hydrogens (tertiary/aromatic N) is 1. The van der Waals surface area contributed by atoms with E-state index in [0.717, 1.165) is 60.1 Å². The van der Waals surface area contributed by atoms with E-state index in [4.69, 9.17) is 5.73 Å². The number of rotatable bonds is 5. The van der Waals surface area contributed by atoms with Crippen molar-refractivity contribution in [3.63, 3.8) is 0 Å². The summed E-state index contributed by atoms with van der Waals surface area (Å²) < 4.78 is 25.1. The highest BCUT2D eigenvalue weighted by Gasteiger charge is 2.47. The molecule has 0 unspecified atom stereocenters. The average molecular weight is 470 g/mol. The molecule has 8 heteroatoms. The number of nitrogens with two attached hydrogens (primary N) is 1. The Morgan fingerprint density at radius 1 is 1.12 bits per heavy atom. The fourth-order valence-corrected chi connectivity index (χ4v) is 9.20. The minimum absolute atomic E-state index is 0.185. The second kappa shape index (κ2) is 7.43. The normalized spacial score (nSPS) is 26.9. The molecule has 168 valence electrons. The Balaban J connectivity index is 1.40. The molecule has 3 aliphatic heterocycles. The molecule has 0 radical (unpaired) electrons. The molecule has 2 aromatic heterocycles. The maximum atomic E-state index is 12.6. The summed E-state index contributed by atoms with van der Waals surface area (Å²) in [5.41, 5.74) is 10.2. The van der Waals surface area contributed by atoms with Gasteiger partial charge in [0.1, 0.15) is 0 Å². The van der Waals surface area contributed by atoms with E-state index in [0.29, 0.717) is 18.4 Å². The minimum Gasteiger partial charge on any atom is -0.366 e. The Bertz CT molecular complexity index is 1300. The van der Waals surface area contributed by atoms with Crippen LogP contribution in [0.2, 0.25) is 0 Å². The lowest BCUT2D eigenvalue weighted by atomic mass is 9.89. The topological polar surface area (TPSA) is 96.3 Å². The Labute approximate surface area is 191 Å². The summed E-state index contributed by atoms with van der Waals surface area (Å²) in [7, 11) is -2.97. The van der Waals surface area contributed by atoms with Crippen LogP contribution in [0.4, 0.5) is 0 Å². The number of thiophene rings is 1. The van der Waals surface area contributed by atoms with Gasteiger partial charge in [-0.25, -0.2) is 8.42 Å². The molecule has 0 spiro atoms. The Morgan fingerprint density at radius 2 is 1.88 bits per heavy atom. The summed E-state index contributed by atoms with van der Waals surface area (Å²) in [6.07, 6.45) is 6.13. The lowest BCUT2D eigenvalue weighted by Gasteiger charge is -2.29. The Hall–Kier alpha value is -2.16. The van der Waals surface area contributed by atoms with Gasteiger partial charge in [-0.1, -0.05) is 0 Å². The molecule has 3 atom stereocenters. The van der Waals surface area contributed by atoms with Gasteiger partial charge in [0.05, 0.1) is 21.6 Å². The number of hydrogen-bond acceptors (Lipinski definition) is 5. The van der Waals surface area contributed by atoms with Gasteiger partial charge < -0.3 is 10.7 Å². The third kappa shape index (κ3) is 3.23. The number of H-pyrrole nitrogens is 1. The van der Waals surface area contributed by atoms with Gasteiger partial charge in [-0.15, -0.1) is 11.3 Å². The minimum atomic E-state index is -2.97. The SMILES string of the molecule is NC(=O)c1cc(-c2csc(CN3CCC3)c2)cc2c([C@H]3C[C@H]4CC[C@@H](C3)S4(=O)=O)c[nH]c12. The Kier molecular flexibility index (Phi) is 4.75. The number of aromatic nitrogens is 1. The number of amides is 1. The molecule has 1 amide bonds. The van der Waals surface area contributed by atoms with Crippen LogP contribution in [0, 0.1) is 0 Å². The van der Waals surface area contributed by atoms with Crippen LogP contribution in [-0.4, -0.2) is 47.8 Å². The molecule has 0 aliphatic carbocycles. The summed E-state index contributed by atoms with van der Waals surface area (Å²) in [5.74, 6) is -0.266. The van der Waals surface area contributed by atoms with E-state index in [9.17, 15) is 13.2 Å². The number of carbonyl (C=O) groups excluding carboxylic acids is 1. The first-order chi connectivity index (χ1) is 15.4. The summed E-state index contributed by atoms with van der Waals surface area (Å²) in [5, 5.41) is 2.70. The van der Waals surface area contributed by atoms with Crippen molar-refractivity contribution in [1.29, 1.82) is 0 Å². The number of likely N-dealkylation sites (tertiary alicyclic amines) is 1. The molecule has 1 aromatic carbocycles. The van der Waals surface area contributed by atoms with Crippen LogP contribution in [0.1, 0.15) is 58.8 Å². The second-order valence-electron chi connectivity index (χ2n) is 9.56. The van der Waals surface area contributed by atoms with Crippen LogP contribution in [0.25, 0.3) is 22.0 Å². The zero-order chi connectivity index (χ0) is 22.0. The zero-order valence-electron chi connectivity index (χ0n) is 17.8. The first kappa shape index (κ1) is 20.4. The van der Waals surface area contributed by atoms with E-state index >= 15 is 0 Å². The first-order valence-corrected chi connectivity index (χ1v) is 13.9. The van der Waals surface area contributed by atoms with Crippen molar-refractivity contribution in [3.8, 4) is 11.1 Å². The quantitative estimate of drug-likeness (QED) is 0.590. The van der Waals surface area contributed by atoms with Crippen molar-refractivity contribution in [2.75, 3.05) is 13.1 Å². The third-order valence-corrected chi connectivity index (χ3v) is 11.3. The largest absolute Gasteiger partial charge is 0.366 e. The molecule has 0 saturated carbocycles. The second-order valence-corrected chi connectivity index (χ2v) is 13.1. The number of carbonyl (C=O) groups is 1. The van der Waals surface area contributed by atoms with E-state index in [1.54, 1.807) is 11.3 Å². The zero-order valence-corrected chi connectivity index (χ0v) is 19.5. The van der Waals surface area contributed by atoms with Gasteiger partial charge in [-0.3, -0.25) is 9.69 Å². The molecule has 6 nitrogen and oxygen atoms in total. The molecule has 32 heavy (non-hydrogen) atoms. The fourth-order valence-electron chi connectivity index (χ4n) is 5.79. The van der Waals surface area contributed by atoms with Crippen molar-refractivity contribution in [2.45, 2.75) is 55.1 Å². The van der Waals surface area contributed by atoms with Crippen LogP contribution in [0.3, 0.4) is 0 Å². The number of primary amides is 1.